The van der Waals surface area contributed by atoms with Crippen molar-refractivity contribution in [3.8, 4) is 11.1 Å². The molecule has 0 heterocycles. The molecule has 2 aromatic carbocycles. The summed E-state index contributed by atoms with van der Waals surface area (Å²) in [5, 5.41) is 0. The van der Waals surface area contributed by atoms with Crippen LogP contribution in [0.15, 0.2) is 42.5 Å². The van der Waals surface area contributed by atoms with E-state index in [0.717, 1.165) is 6.07 Å². The van der Waals surface area contributed by atoms with Crippen molar-refractivity contribution < 1.29 is 22.6 Å². The minimum Gasteiger partial charge on any atom is -0.399 e. The van der Waals surface area contributed by atoms with E-state index in [-0.39, 0.29) is 5.56 Å². The molecule has 0 aliphatic heterocycles. The molecule has 4 nitrogen and oxygen atoms in total. The molecule has 0 saturated carbocycles. The molecule has 7 heteroatoms. The van der Waals surface area contributed by atoms with Gasteiger partial charge in [0.25, 0.3) is 0 Å². The van der Waals surface area contributed by atoms with Crippen molar-refractivity contribution in [2.45, 2.75) is 6.18 Å². The fourth-order valence-corrected chi connectivity index (χ4v) is 2.77. The molecular formula is C19H23F3N2O2. The normalized spacial score (nSPS) is 11.6. The summed E-state index contributed by atoms with van der Waals surface area (Å²) in [6.07, 6.45) is -4.46. The highest BCUT2D eigenvalue weighted by Crippen LogP contribution is 2.41. The lowest BCUT2D eigenvalue weighted by Gasteiger charge is -2.28. The van der Waals surface area contributed by atoms with Gasteiger partial charge in [0.1, 0.15) is 0 Å². The van der Waals surface area contributed by atoms with Gasteiger partial charge >= 0.3 is 6.18 Å². The van der Waals surface area contributed by atoms with Gasteiger partial charge in [-0.05, 0) is 29.8 Å². The second kappa shape index (κ2) is 8.91. The number of nitrogen functional groups attached to an aromatic ring is 1. The summed E-state index contributed by atoms with van der Waals surface area (Å²) in [5.41, 5.74) is 6.78. The van der Waals surface area contributed by atoms with Gasteiger partial charge in [-0.25, -0.2) is 0 Å². The van der Waals surface area contributed by atoms with Gasteiger partial charge < -0.3 is 20.1 Å². The van der Waals surface area contributed by atoms with E-state index in [2.05, 4.69) is 0 Å². The average molecular weight is 368 g/mol. The molecule has 2 aromatic rings. The molecule has 0 atom stereocenters. The largest absolute Gasteiger partial charge is 0.417 e. The van der Waals surface area contributed by atoms with Crippen molar-refractivity contribution in [3.05, 3.63) is 48.0 Å². The van der Waals surface area contributed by atoms with E-state index in [1.165, 1.54) is 12.1 Å². The van der Waals surface area contributed by atoms with Crippen LogP contribution in [0, 0.1) is 0 Å². The summed E-state index contributed by atoms with van der Waals surface area (Å²) in [6.45, 7) is 1.92. The predicted molar refractivity (Wildman–Crippen MR) is 97.3 cm³/mol. The van der Waals surface area contributed by atoms with Gasteiger partial charge in [-0.15, -0.1) is 0 Å². The highest BCUT2D eigenvalue weighted by molar-refractivity contribution is 5.83. The molecule has 0 aliphatic carbocycles. The summed E-state index contributed by atoms with van der Waals surface area (Å²) < 4.78 is 50.7. The Balaban J connectivity index is 2.57. The molecule has 0 saturated heterocycles. The molecule has 142 valence electrons. The first-order chi connectivity index (χ1) is 12.4. The molecule has 0 aromatic heterocycles. The van der Waals surface area contributed by atoms with Gasteiger partial charge in [-0.1, -0.05) is 18.2 Å². The minimum absolute atomic E-state index is 0.0992. The monoisotopic (exact) mass is 368 g/mol. The lowest BCUT2D eigenvalue weighted by Crippen LogP contribution is -2.31. The molecule has 0 unspecified atom stereocenters. The summed E-state index contributed by atoms with van der Waals surface area (Å²) >= 11 is 0. The van der Waals surface area contributed by atoms with Gasteiger partial charge in [-0.2, -0.15) is 13.2 Å². The van der Waals surface area contributed by atoms with E-state index in [0.29, 0.717) is 43.2 Å². The minimum atomic E-state index is -4.46. The first-order valence-corrected chi connectivity index (χ1v) is 8.17. The number of rotatable bonds is 8. The standard InChI is InChI=1S/C19H23F3N2O2/c1-25-11-9-24(10-12-26-2)18-8-7-14(23)13-16(18)15-5-3-4-6-17(15)19(20,21)22/h3-8,13H,9-12,23H2,1-2H3. The molecule has 0 spiro atoms. The van der Waals surface area contributed by atoms with Crippen molar-refractivity contribution >= 4 is 11.4 Å². The number of alkyl halides is 3. The Bertz CT molecular complexity index is 712. The first-order valence-electron chi connectivity index (χ1n) is 8.17. The van der Waals surface area contributed by atoms with E-state index in [9.17, 15) is 13.2 Å². The van der Waals surface area contributed by atoms with Crippen LogP contribution in [0.5, 0.6) is 0 Å². The van der Waals surface area contributed by atoms with Crippen LogP contribution >= 0.6 is 0 Å². The first kappa shape index (κ1) is 20.1. The Kier molecular flexibility index (Phi) is 6.88. The van der Waals surface area contributed by atoms with Crippen molar-refractivity contribution in [2.75, 3.05) is 51.2 Å². The van der Waals surface area contributed by atoms with Crippen molar-refractivity contribution in [1.82, 2.24) is 0 Å². The van der Waals surface area contributed by atoms with Crippen molar-refractivity contribution in [3.63, 3.8) is 0 Å². The molecular weight excluding hydrogens is 345 g/mol. The zero-order valence-electron chi connectivity index (χ0n) is 14.8. The molecule has 26 heavy (non-hydrogen) atoms. The lowest BCUT2D eigenvalue weighted by molar-refractivity contribution is -0.137. The van der Waals surface area contributed by atoms with Crippen LogP contribution < -0.4 is 10.6 Å². The Hall–Kier alpha value is -2.25. The van der Waals surface area contributed by atoms with Crippen LogP contribution in [0.1, 0.15) is 5.56 Å². The van der Waals surface area contributed by atoms with E-state index in [1.54, 1.807) is 38.5 Å². The van der Waals surface area contributed by atoms with Crippen LogP contribution in [-0.4, -0.2) is 40.5 Å². The van der Waals surface area contributed by atoms with E-state index in [4.69, 9.17) is 15.2 Å². The fourth-order valence-electron chi connectivity index (χ4n) is 2.77. The predicted octanol–water partition coefficient (Wildman–Crippen LogP) is 4.05. The van der Waals surface area contributed by atoms with Crippen molar-refractivity contribution in [2.24, 2.45) is 0 Å². The molecule has 0 radical (unpaired) electrons. The summed E-state index contributed by atoms with van der Waals surface area (Å²) in [6, 6.07) is 10.5. The lowest BCUT2D eigenvalue weighted by atomic mass is 9.96. The zero-order chi connectivity index (χ0) is 19.2. The third kappa shape index (κ3) is 4.89. The second-order valence-corrected chi connectivity index (χ2v) is 5.79. The topological polar surface area (TPSA) is 47.7 Å². The van der Waals surface area contributed by atoms with Gasteiger partial charge in [-0.3, -0.25) is 0 Å². The molecule has 0 bridgehead atoms. The third-order valence-corrected chi connectivity index (χ3v) is 4.01. The summed E-state index contributed by atoms with van der Waals surface area (Å²) in [5.74, 6) is 0. The van der Waals surface area contributed by atoms with E-state index < -0.39 is 11.7 Å². The molecule has 2 rings (SSSR count). The van der Waals surface area contributed by atoms with Crippen LogP contribution in [0.25, 0.3) is 11.1 Å². The zero-order valence-corrected chi connectivity index (χ0v) is 14.8. The maximum Gasteiger partial charge on any atom is 0.417 e. The quantitative estimate of drug-likeness (QED) is 0.714. The number of halogens is 3. The summed E-state index contributed by atoms with van der Waals surface area (Å²) in [4.78, 5) is 1.94. The number of anilines is 2. The maximum absolute atomic E-state index is 13.5. The number of ether oxygens (including phenoxy) is 2. The number of hydrogen-bond donors (Lipinski definition) is 1. The smallest absolute Gasteiger partial charge is 0.399 e. The number of nitrogens with two attached hydrogens (primary N) is 1. The van der Waals surface area contributed by atoms with E-state index >= 15 is 0 Å². The second-order valence-electron chi connectivity index (χ2n) is 5.79. The average Bonchev–Trinajstić information content (AvgIpc) is 2.61. The Morgan fingerprint density at radius 2 is 1.54 bits per heavy atom. The third-order valence-electron chi connectivity index (χ3n) is 4.01. The molecule has 0 amide bonds. The highest BCUT2D eigenvalue weighted by Gasteiger charge is 2.34. The fraction of sp³-hybridized carbons (Fsp3) is 0.368. The number of benzene rings is 2. The number of nitrogens with zero attached hydrogens (tertiary/aromatic N) is 1. The maximum atomic E-state index is 13.5. The molecule has 2 N–H and O–H groups in total. The number of hydrogen-bond acceptors (Lipinski definition) is 4. The van der Waals surface area contributed by atoms with Crippen LogP contribution in [0.4, 0.5) is 24.5 Å². The highest BCUT2D eigenvalue weighted by atomic mass is 19.4. The van der Waals surface area contributed by atoms with Crippen molar-refractivity contribution in [1.29, 1.82) is 0 Å². The molecule has 0 fully saturated rings. The van der Waals surface area contributed by atoms with Crippen LogP contribution in [0.3, 0.4) is 0 Å². The van der Waals surface area contributed by atoms with E-state index in [1.807, 2.05) is 4.90 Å². The Morgan fingerprint density at radius 1 is 0.923 bits per heavy atom. The number of methoxy groups -OCH3 is 2. The Morgan fingerprint density at radius 3 is 2.12 bits per heavy atom. The SMILES string of the molecule is COCCN(CCOC)c1ccc(N)cc1-c1ccccc1C(F)(F)F. The van der Waals surface area contributed by atoms with Crippen LogP contribution in [0.2, 0.25) is 0 Å². The van der Waals surface area contributed by atoms with Gasteiger partial charge in [0.15, 0.2) is 0 Å². The van der Waals surface area contributed by atoms with Gasteiger partial charge in [0, 0.05) is 44.2 Å². The Labute approximate surface area is 151 Å². The van der Waals surface area contributed by atoms with Crippen LogP contribution in [-0.2, 0) is 15.7 Å². The summed E-state index contributed by atoms with van der Waals surface area (Å²) in [7, 11) is 3.16. The molecule has 0 aliphatic rings. The van der Waals surface area contributed by atoms with Gasteiger partial charge in [0.05, 0.1) is 18.8 Å². The van der Waals surface area contributed by atoms with Gasteiger partial charge in [0.2, 0.25) is 0 Å².